The minimum atomic E-state index is -0.668. The van der Waals surface area contributed by atoms with Gasteiger partial charge >= 0.3 is 5.97 Å². The molecule has 2 heterocycles. The molecule has 2 aliphatic heterocycles. The molecule has 0 radical (unpaired) electrons. The molecule has 4 nitrogen and oxygen atoms in total. The lowest BCUT2D eigenvalue weighted by Gasteiger charge is -2.39. The molecule has 1 unspecified atom stereocenters. The molecule has 14 heavy (non-hydrogen) atoms. The number of carboxylic acids is 1. The summed E-state index contributed by atoms with van der Waals surface area (Å²) in [4.78, 5) is 12.8. The first-order chi connectivity index (χ1) is 6.74. The number of nitrogens with zero attached hydrogens (tertiary/aromatic N) is 1. The van der Waals surface area contributed by atoms with Crippen LogP contribution in [0.4, 0.5) is 0 Å². The van der Waals surface area contributed by atoms with Crippen molar-refractivity contribution in [2.45, 2.75) is 12.8 Å². The fourth-order valence-corrected chi connectivity index (χ4v) is 2.29. The molecule has 2 rings (SSSR count). The third-order valence-corrected chi connectivity index (χ3v) is 3.04. The van der Waals surface area contributed by atoms with E-state index in [0.29, 0.717) is 18.3 Å². The summed E-state index contributed by atoms with van der Waals surface area (Å²) >= 11 is 0. The van der Waals surface area contributed by atoms with Crippen LogP contribution in [0.5, 0.6) is 0 Å². The van der Waals surface area contributed by atoms with Gasteiger partial charge in [0, 0.05) is 26.2 Å². The van der Waals surface area contributed by atoms with Gasteiger partial charge in [0.05, 0.1) is 13.0 Å². The van der Waals surface area contributed by atoms with Gasteiger partial charge in [0.15, 0.2) is 0 Å². The minimum absolute atomic E-state index is 0.331. The Hall–Kier alpha value is -0.610. The number of carbonyl (C=O) groups is 1. The Labute approximate surface area is 83.8 Å². The Morgan fingerprint density at radius 3 is 2.79 bits per heavy atom. The Morgan fingerprint density at radius 1 is 1.43 bits per heavy atom. The molecule has 0 spiro atoms. The molecule has 0 aromatic rings. The van der Waals surface area contributed by atoms with Crippen molar-refractivity contribution in [3.63, 3.8) is 0 Å². The standard InChI is InChI=1S/C10H17NO3/c12-10(13)3-9-5-11(6-9)4-8-1-2-14-7-8/h8-9H,1-7H2,(H,12,13). The molecule has 0 aromatic heterocycles. The zero-order valence-corrected chi connectivity index (χ0v) is 8.32. The number of hydrogen-bond acceptors (Lipinski definition) is 3. The van der Waals surface area contributed by atoms with Crippen molar-refractivity contribution in [3.05, 3.63) is 0 Å². The van der Waals surface area contributed by atoms with Crippen molar-refractivity contribution in [2.75, 3.05) is 32.8 Å². The Bertz CT molecular complexity index is 207. The van der Waals surface area contributed by atoms with Crippen molar-refractivity contribution >= 4 is 5.97 Å². The number of ether oxygens (including phenoxy) is 1. The first-order valence-corrected chi connectivity index (χ1v) is 5.26. The van der Waals surface area contributed by atoms with E-state index in [4.69, 9.17) is 9.84 Å². The van der Waals surface area contributed by atoms with E-state index < -0.39 is 5.97 Å². The average molecular weight is 199 g/mol. The van der Waals surface area contributed by atoms with Gasteiger partial charge in [0.2, 0.25) is 0 Å². The third kappa shape index (κ3) is 2.45. The molecule has 1 N–H and O–H groups in total. The molecule has 1 atom stereocenters. The number of rotatable bonds is 4. The highest BCUT2D eigenvalue weighted by molar-refractivity contribution is 5.67. The molecule has 0 aliphatic carbocycles. The molecule has 0 saturated carbocycles. The van der Waals surface area contributed by atoms with Crippen LogP contribution in [0.15, 0.2) is 0 Å². The van der Waals surface area contributed by atoms with Gasteiger partial charge in [0.25, 0.3) is 0 Å². The fraction of sp³-hybridized carbons (Fsp3) is 0.900. The van der Waals surface area contributed by atoms with Gasteiger partial charge in [-0.1, -0.05) is 0 Å². The van der Waals surface area contributed by atoms with Gasteiger partial charge in [0.1, 0.15) is 0 Å². The van der Waals surface area contributed by atoms with Crippen LogP contribution in [0, 0.1) is 11.8 Å². The molecule has 0 aromatic carbocycles. The van der Waals surface area contributed by atoms with Crippen LogP contribution in [-0.4, -0.2) is 48.8 Å². The molecular weight excluding hydrogens is 182 g/mol. The predicted octanol–water partition coefficient (Wildman–Crippen LogP) is 0.429. The maximum atomic E-state index is 10.4. The van der Waals surface area contributed by atoms with Crippen LogP contribution < -0.4 is 0 Å². The molecule has 0 amide bonds. The highest BCUT2D eigenvalue weighted by atomic mass is 16.5. The van der Waals surface area contributed by atoms with Gasteiger partial charge in [-0.15, -0.1) is 0 Å². The molecular formula is C10H17NO3. The van der Waals surface area contributed by atoms with Crippen molar-refractivity contribution < 1.29 is 14.6 Å². The van der Waals surface area contributed by atoms with Crippen LogP contribution in [0.25, 0.3) is 0 Å². The van der Waals surface area contributed by atoms with Gasteiger partial charge in [-0.3, -0.25) is 4.79 Å². The first kappa shape index (κ1) is 9.93. The first-order valence-electron chi connectivity index (χ1n) is 5.26. The zero-order valence-electron chi connectivity index (χ0n) is 8.32. The molecule has 4 heteroatoms. The largest absolute Gasteiger partial charge is 0.481 e. The number of aliphatic carboxylic acids is 1. The number of carboxylic acid groups (broad SMARTS) is 1. The number of likely N-dealkylation sites (tertiary alicyclic amines) is 1. The summed E-state index contributed by atoms with van der Waals surface area (Å²) in [7, 11) is 0. The Balaban J connectivity index is 1.60. The zero-order chi connectivity index (χ0) is 9.97. The SMILES string of the molecule is O=C(O)CC1CN(CC2CCOC2)C1. The lowest BCUT2D eigenvalue weighted by molar-refractivity contribution is -0.139. The van der Waals surface area contributed by atoms with Crippen molar-refractivity contribution in [1.82, 2.24) is 4.90 Å². The van der Waals surface area contributed by atoms with Crippen LogP contribution in [0.2, 0.25) is 0 Å². The van der Waals surface area contributed by atoms with E-state index in [0.717, 1.165) is 32.8 Å². The summed E-state index contributed by atoms with van der Waals surface area (Å²) in [5.74, 6) is 0.398. The molecule has 2 fully saturated rings. The highest BCUT2D eigenvalue weighted by Crippen LogP contribution is 2.22. The monoisotopic (exact) mass is 199 g/mol. The maximum absolute atomic E-state index is 10.4. The van der Waals surface area contributed by atoms with E-state index in [2.05, 4.69) is 4.90 Å². The summed E-state index contributed by atoms with van der Waals surface area (Å²) in [6, 6.07) is 0. The fourth-order valence-electron chi connectivity index (χ4n) is 2.29. The normalized spacial score (nSPS) is 29.0. The van der Waals surface area contributed by atoms with Crippen LogP contribution in [-0.2, 0) is 9.53 Å². The second-order valence-electron chi connectivity index (χ2n) is 4.41. The van der Waals surface area contributed by atoms with Crippen molar-refractivity contribution in [3.8, 4) is 0 Å². The van der Waals surface area contributed by atoms with E-state index in [1.165, 1.54) is 6.42 Å². The molecule has 2 aliphatic rings. The van der Waals surface area contributed by atoms with Gasteiger partial charge in [-0.2, -0.15) is 0 Å². The van der Waals surface area contributed by atoms with Gasteiger partial charge in [-0.25, -0.2) is 0 Å². The molecule has 0 bridgehead atoms. The lowest BCUT2D eigenvalue weighted by Crippen LogP contribution is -2.49. The second-order valence-corrected chi connectivity index (χ2v) is 4.41. The van der Waals surface area contributed by atoms with E-state index in [1.54, 1.807) is 0 Å². The van der Waals surface area contributed by atoms with Crippen LogP contribution in [0.1, 0.15) is 12.8 Å². The maximum Gasteiger partial charge on any atom is 0.303 e. The van der Waals surface area contributed by atoms with Crippen molar-refractivity contribution in [1.29, 1.82) is 0 Å². The highest BCUT2D eigenvalue weighted by Gasteiger charge is 2.30. The quantitative estimate of drug-likeness (QED) is 0.713. The summed E-state index contributed by atoms with van der Waals surface area (Å²) in [5, 5.41) is 8.58. The predicted molar refractivity (Wildman–Crippen MR) is 51.1 cm³/mol. The van der Waals surface area contributed by atoms with Crippen LogP contribution in [0.3, 0.4) is 0 Å². The van der Waals surface area contributed by atoms with Crippen LogP contribution >= 0.6 is 0 Å². The number of hydrogen-bond donors (Lipinski definition) is 1. The second kappa shape index (κ2) is 4.28. The van der Waals surface area contributed by atoms with E-state index in [9.17, 15) is 4.79 Å². The lowest BCUT2D eigenvalue weighted by atomic mass is 9.94. The molecule has 80 valence electrons. The minimum Gasteiger partial charge on any atom is -0.481 e. The summed E-state index contributed by atoms with van der Waals surface area (Å²) in [6.07, 6.45) is 1.50. The third-order valence-electron chi connectivity index (χ3n) is 3.04. The van der Waals surface area contributed by atoms with Gasteiger partial charge in [-0.05, 0) is 18.3 Å². The molecule has 2 saturated heterocycles. The van der Waals surface area contributed by atoms with Crippen molar-refractivity contribution in [2.24, 2.45) is 11.8 Å². The van der Waals surface area contributed by atoms with E-state index in [-0.39, 0.29) is 0 Å². The summed E-state index contributed by atoms with van der Waals surface area (Å²) in [6.45, 7) is 4.80. The summed E-state index contributed by atoms with van der Waals surface area (Å²) < 4.78 is 5.30. The van der Waals surface area contributed by atoms with E-state index in [1.807, 2.05) is 0 Å². The van der Waals surface area contributed by atoms with E-state index >= 15 is 0 Å². The average Bonchev–Trinajstić information content (AvgIpc) is 2.52. The summed E-state index contributed by atoms with van der Waals surface area (Å²) in [5.41, 5.74) is 0. The Kier molecular flexibility index (Phi) is 3.03. The van der Waals surface area contributed by atoms with Gasteiger partial charge < -0.3 is 14.7 Å². The topological polar surface area (TPSA) is 49.8 Å². The Morgan fingerprint density at radius 2 is 2.21 bits per heavy atom. The smallest absolute Gasteiger partial charge is 0.303 e.